The zero-order chi connectivity index (χ0) is 21.0. The Bertz CT molecular complexity index is 1070. The van der Waals surface area contributed by atoms with Crippen molar-refractivity contribution in [2.24, 2.45) is 4.99 Å². The van der Waals surface area contributed by atoms with Gasteiger partial charge in [0.15, 0.2) is 17.5 Å². The molecule has 0 bridgehead atoms. The minimum Gasteiger partial charge on any atom is -0.383 e. The second-order valence-electron chi connectivity index (χ2n) is 6.28. The first-order chi connectivity index (χ1) is 13.9. The van der Waals surface area contributed by atoms with Crippen molar-refractivity contribution in [1.82, 2.24) is 15.5 Å². The maximum absolute atomic E-state index is 13.5. The molecule has 29 heavy (non-hydrogen) atoms. The van der Waals surface area contributed by atoms with Crippen LogP contribution in [0.5, 0.6) is 0 Å². The normalized spacial score (nSPS) is 12.8. The number of carbonyl (C=O) groups is 1. The third-order valence-corrected chi connectivity index (χ3v) is 4.18. The maximum Gasteiger partial charge on any atom is 0.280 e. The van der Waals surface area contributed by atoms with E-state index in [9.17, 15) is 13.6 Å². The van der Waals surface area contributed by atoms with Gasteiger partial charge in [0.25, 0.3) is 5.91 Å². The summed E-state index contributed by atoms with van der Waals surface area (Å²) >= 11 is 5.98. The van der Waals surface area contributed by atoms with Gasteiger partial charge in [0.1, 0.15) is 0 Å². The van der Waals surface area contributed by atoms with Crippen LogP contribution in [0.4, 0.5) is 14.6 Å². The van der Waals surface area contributed by atoms with E-state index in [0.717, 1.165) is 23.6 Å². The molecule has 0 aliphatic carbocycles. The number of hydrogen-bond acceptors (Lipinski definition) is 3. The van der Waals surface area contributed by atoms with Crippen LogP contribution in [0, 0.1) is 11.6 Å². The Kier molecular flexibility index (Phi) is 6.40. The van der Waals surface area contributed by atoms with Gasteiger partial charge in [-0.1, -0.05) is 11.6 Å². The van der Waals surface area contributed by atoms with E-state index in [1.165, 1.54) is 0 Å². The average molecular weight is 422 g/mol. The number of guanidine groups is 1. The van der Waals surface area contributed by atoms with E-state index < -0.39 is 17.5 Å². The fourth-order valence-corrected chi connectivity index (χ4v) is 2.79. The zero-order valence-corrected chi connectivity index (χ0v) is 16.3. The summed E-state index contributed by atoms with van der Waals surface area (Å²) < 4.78 is 31.7. The Morgan fingerprint density at radius 2 is 2.07 bits per heavy atom. The van der Waals surface area contributed by atoms with Gasteiger partial charge in [-0.3, -0.25) is 9.89 Å². The SMILES string of the molecule is COC[C@H](C)N/C(=N/C(=O)c1ccc(F)c(F)c1)Nc1n[nH]c2cc(Cl)ccc12. The highest BCUT2D eigenvalue weighted by Crippen LogP contribution is 2.23. The molecule has 0 aliphatic heterocycles. The Morgan fingerprint density at radius 1 is 1.28 bits per heavy atom. The topological polar surface area (TPSA) is 91.4 Å². The number of H-pyrrole nitrogens is 1. The fourth-order valence-electron chi connectivity index (χ4n) is 2.62. The van der Waals surface area contributed by atoms with Crippen LogP contribution in [0.15, 0.2) is 41.4 Å². The number of aromatic nitrogens is 2. The fraction of sp³-hybridized carbons (Fsp3) is 0.211. The number of aromatic amines is 1. The summed E-state index contributed by atoms with van der Waals surface area (Å²) in [5, 5.41) is 14.2. The summed E-state index contributed by atoms with van der Waals surface area (Å²) in [5.74, 6) is -2.45. The highest BCUT2D eigenvalue weighted by molar-refractivity contribution is 6.31. The predicted octanol–water partition coefficient (Wildman–Crippen LogP) is 3.73. The van der Waals surface area contributed by atoms with Gasteiger partial charge in [-0.15, -0.1) is 0 Å². The summed E-state index contributed by atoms with van der Waals surface area (Å²) in [4.78, 5) is 16.4. The molecule has 3 aromatic rings. The summed E-state index contributed by atoms with van der Waals surface area (Å²) in [5.41, 5.74) is 0.597. The highest BCUT2D eigenvalue weighted by Gasteiger charge is 2.15. The van der Waals surface area contributed by atoms with Crippen molar-refractivity contribution >= 4 is 40.2 Å². The van der Waals surface area contributed by atoms with Crippen molar-refractivity contribution in [2.45, 2.75) is 13.0 Å². The first-order valence-corrected chi connectivity index (χ1v) is 8.99. The van der Waals surface area contributed by atoms with Crippen LogP contribution in [0.2, 0.25) is 5.02 Å². The summed E-state index contributed by atoms with van der Waals surface area (Å²) in [7, 11) is 1.54. The molecule has 7 nitrogen and oxygen atoms in total. The first-order valence-electron chi connectivity index (χ1n) is 8.61. The van der Waals surface area contributed by atoms with E-state index in [0.29, 0.717) is 23.0 Å². The second kappa shape index (κ2) is 8.97. The van der Waals surface area contributed by atoms with Gasteiger partial charge < -0.3 is 15.4 Å². The molecule has 2 aromatic carbocycles. The van der Waals surface area contributed by atoms with Crippen LogP contribution in [0.1, 0.15) is 17.3 Å². The van der Waals surface area contributed by atoms with Gasteiger partial charge in [0.2, 0.25) is 5.96 Å². The Hall–Kier alpha value is -3.04. The number of benzene rings is 2. The lowest BCUT2D eigenvalue weighted by atomic mass is 10.2. The smallest absolute Gasteiger partial charge is 0.280 e. The van der Waals surface area contributed by atoms with Crippen molar-refractivity contribution in [3.8, 4) is 0 Å². The molecular formula is C19H18ClF2N5O2. The largest absolute Gasteiger partial charge is 0.383 e. The number of methoxy groups -OCH3 is 1. The van der Waals surface area contributed by atoms with Gasteiger partial charge in [0, 0.05) is 29.1 Å². The van der Waals surface area contributed by atoms with Crippen molar-refractivity contribution < 1.29 is 18.3 Å². The number of fused-ring (bicyclic) bond motifs is 1. The number of nitrogens with zero attached hydrogens (tertiary/aromatic N) is 2. The maximum atomic E-state index is 13.5. The minimum absolute atomic E-state index is 0.0765. The Labute approximate surface area is 170 Å². The van der Waals surface area contributed by atoms with Crippen molar-refractivity contribution in [2.75, 3.05) is 19.0 Å². The molecule has 0 radical (unpaired) electrons. The number of rotatable bonds is 5. The lowest BCUT2D eigenvalue weighted by Gasteiger charge is -2.16. The van der Waals surface area contributed by atoms with Crippen LogP contribution in [0.3, 0.4) is 0 Å². The van der Waals surface area contributed by atoms with Crippen LogP contribution in [0.25, 0.3) is 10.9 Å². The van der Waals surface area contributed by atoms with E-state index in [1.807, 2.05) is 6.92 Å². The number of amides is 1. The number of carbonyl (C=O) groups excluding carboxylic acids is 1. The molecule has 1 heterocycles. The number of aliphatic imine (C=N–C) groups is 1. The molecule has 3 N–H and O–H groups in total. The van der Waals surface area contributed by atoms with E-state index in [2.05, 4.69) is 25.8 Å². The lowest BCUT2D eigenvalue weighted by Crippen LogP contribution is -2.40. The van der Waals surface area contributed by atoms with E-state index in [4.69, 9.17) is 16.3 Å². The molecule has 0 unspecified atom stereocenters. The number of nitrogens with one attached hydrogen (secondary N) is 3. The van der Waals surface area contributed by atoms with Crippen LogP contribution < -0.4 is 10.6 Å². The number of halogens is 3. The van der Waals surface area contributed by atoms with Crippen LogP contribution >= 0.6 is 11.6 Å². The van der Waals surface area contributed by atoms with Crippen molar-refractivity contribution in [1.29, 1.82) is 0 Å². The Morgan fingerprint density at radius 3 is 2.79 bits per heavy atom. The molecule has 1 amide bonds. The number of ether oxygens (including phenoxy) is 1. The van der Waals surface area contributed by atoms with Gasteiger partial charge in [-0.05, 0) is 43.3 Å². The van der Waals surface area contributed by atoms with Crippen molar-refractivity contribution in [3.05, 3.63) is 58.6 Å². The molecule has 10 heteroatoms. The van der Waals surface area contributed by atoms with Gasteiger partial charge >= 0.3 is 0 Å². The van der Waals surface area contributed by atoms with Crippen molar-refractivity contribution in [3.63, 3.8) is 0 Å². The molecule has 0 saturated heterocycles. The average Bonchev–Trinajstić information content (AvgIpc) is 3.05. The van der Waals surface area contributed by atoms with Crippen LogP contribution in [-0.4, -0.2) is 41.8 Å². The summed E-state index contributed by atoms with van der Waals surface area (Å²) in [6.07, 6.45) is 0. The van der Waals surface area contributed by atoms with E-state index in [1.54, 1.807) is 25.3 Å². The van der Waals surface area contributed by atoms with Gasteiger partial charge in [-0.25, -0.2) is 8.78 Å². The third-order valence-electron chi connectivity index (χ3n) is 3.94. The minimum atomic E-state index is -1.13. The number of anilines is 1. The van der Waals surface area contributed by atoms with E-state index >= 15 is 0 Å². The molecule has 0 aliphatic rings. The molecule has 0 spiro atoms. The Balaban J connectivity index is 1.91. The first kappa shape index (κ1) is 20.7. The lowest BCUT2D eigenvalue weighted by molar-refractivity contribution is 0.100. The number of hydrogen-bond donors (Lipinski definition) is 3. The molecular weight excluding hydrogens is 404 g/mol. The second-order valence-corrected chi connectivity index (χ2v) is 6.72. The molecule has 1 atom stereocenters. The highest BCUT2D eigenvalue weighted by atomic mass is 35.5. The summed E-state index contributed by atoms with van der Waals surface area (Å²) in [6, 6.07) is 7.79. The standard InChI is InChI=1S/C19H18ClF2N5O2/c1-10(9-29-2)23-19(25-18(28)11-3-6-14(21)15(22)7-11)24-17-13-5-4-12(20)8-16(13)26-27-17/h3-8,10H,9H2,1-2H3,(H3,23,24,25,26,27,28)/t10-/m0/s1. The molecule has 3 rings (SSSR count). The zero-order valence-electron chi connectivity index (χ0n) is 15.6. The molecule has 0 fully saturated rings. The summed E-state index contributed by atoms with van der Waals surface area (Å²) in [6.45, 7) is 2.17. The van der Waals surface area contributed by atoms with E-state index in [-0.39, 0.29) is 17.6 Å². The van der Waals surface area contributed by atoms with Gasteiger partial charge in [-0.2, -0.15) is 10.1 Å². The predicted molar refractivity (Wildman–Crippen MR) is 107 cm³/mol. The molecule has 1 aromatic heterocycles. The molecule has 152 valence electrons. The van der Waals surface area contributed by atoms with Crippen LogP contribution in [-0.2, 0) is 4.74 Å². The monoisotopic (exact) mass is 421 g/mol. The molecule has 0 saturated carbocycles. The third kappa shape index (κ3) is 5.07. The quantitative estimate of drug-likeness (QED) is 0.431. The van der Waals surface area contributed by atoms with Gasteiger partial charge in [0.05, 0.1) is 12.1 Å².